The molecule has 0 bridgehead atoms. The molecular weight excluding hydrogens is 354 g/mol. The normalized spacial score (nSPS) is 25.7. The van der Waals surface area contributed by atoms with E-state index in [1.807, 2.05) is 0 Å². The van der Waals surface area contributed by atoms with E-state index in [0.29, 0.717) is 19.1 Å². The number of hydrogen-bond donors (Lipinski definition) is 1. The maximum atomic E-state index is 12.1. The summed E-state index contributed by atoms with van der Waals surface area (Å²) >= 11 is 0. The van der Waals surface area contributed by atoms with Crippen LogP contribution in [0.4, 0.5) is 4.79 Å². The molecule has 2 unspecified atom stereocenters. The van der Waals surface area contributed by atoms with E-state index in [2.05, 4.69) is 36.7 Å². The van der Waals surface area contributed by atoms with Crippen LogP contribution >= 0.6 is 0 Å². The lowest BCUT2D eigenvalue weighted by Gasteiger charge is -2.28. The molecule has 1 aliphatic heterocycles. The molecule has 2 fully saturated rings. The number of hydrogen-bond acceptors (Lipinski definition) is 4. The predicted molar refractivity (Wildman–Crippen MR) is 109 cm³/mol. The fraction of sp³-hybridized carbons (Fsp3) is 0.636. The van der Waals surface area contributed by atoms with Crippen molar-refractivity contribution in [1.82, 2.24) is 14.7 Å². The number of aliphatic hydroxyl groups excluding tert-OH is 1. The van der Waals surface area contributed by atoms with Gasteiger partial charge in [0.05, 0.1) is 31.0 Å². The number of ether oxygens (including phenoxy) is 1. The van der Waals surface area contributed by atoms with E-state index in [-0.39, 0.29) is 24.0 Å². The summed E-state index contributed by atoms with van der Waals surface area (Å²) in [7, 11) is 1.41. The SMILES string of the molecule is CCc1nn(C2CCCC2)c2cc(C3CN(C(=O)OC)CC3(C)CO)ccc12. The molecule has 1 saturated carbocycles. The van der Waals surface area contributed by atoms with E-state index < -0.39 is 0 Å². The zero-order chi connectivity index (χ0) is 19.9. The maximum absolute atomic E-state index is 12.1. The Morgan fingerprint density at radius 1 is 1.36 bits per heavy atom. The lowest BCUT2D eigenvalue weighted by molar-refractivity contribution is 0.113. The number of benzene rings is 1. The third kappa shape index (κ3) is 3.08. The number of nitrogens with zero attached hydrogens (tertiary/aromatic N) is 3. The highest BCUT2D eigenvalue weighted by atomic mass is 16.5. The van der Waals surface area contributed by atoms with Gasteiger partial charge in [-0.05, 0) is 30.9 Å². The van der Waals surface area contributed by atoms with Crippen LogP contribution in [-0.2, 0) is 11.2 Å². The molecule has 4 rings (SSSR count). The van der Waals surface area contributed by atoms with Crippen molar-refractivity contribution in [2.24, 2.45) is 5.41 Å². The quantitative estimate of drug-likeness (QED) is 0.867. The predicted octanol–water partition coefficient (Wildman–Crippen LogP) is 3.88. The van der Waals surface area contributed by atoms with Crippen LogP contribution in [0.1, 0.15) is 62.7 Å². The van der Waals surface area contributed by atoms with E-state index in [1.54, 1.807) is 4.90 Å². The summed E-state index contributed by atoms with van der Waals surface area (Å²) < 4.78 is 7.17. The standard InChI is InChI=1S/C22H31N3O3/c1-4-19-17-10-9-15(11-20(17)25(23-19)16-7-5-6-8-16)18-12-24(21(27)28-3)13-22(18,2)14-26/h9-11,16,18,26H,4-8,12-14H2,1-3H3. The molecule has 1 saturated heterocycles. The Kier molecular flexibility index (Phi) is 5.08. The van der Waals surface area contributed by atoms with E-state index in [0.717, 1.165) is 17.7 Å². The van der Waals surface area contributed by atoms with Crippen LogP contribution in [0.15, 0.2) is 18.2 Å². The van der Waals surface area contributed by atoms with E-state index in [9.17, 15) is 9.90 Å². The van der Waals surface area contributed by atoms with Crippen LogP contribution in [0.25, 0.3) is 10.9 Å². The van der Waals surface area contributed by atoms with Gasteiger partial charge in [-0.2, -0.15) is 5.10 Å². The molecule has 28 heavy (non-hydrogen) atoms. The van der Waals surface area contributed by atoms with Gasteiger partial charge in [0.15, 0.2) is 0 Å². The Hall–Kier alpha value is -2.08. The second kappa shape index (κ2) is 7.39. The summed E-state index contributed by atoms with van der Waals surface area (Å²) in [6, 6.07) is 7.07. The molecule has 2 atom stereocenters. The number of methoxy groups -OCH3 is 1. The lowest BCUT2D eigenvalue weighted by Crippen LogP contribution is -2.32. The highest BCUT2D eigenvalue weighted by Crippen LogP contribution is 2.44. The van der Waals surface area contributed by atoms with E-state index in [4.69, 9.17) is 9.84 Å². The monoisotopic (exact) mass is 385 g/mol. The van der Waals surface area contributed by atoms with Gasteiger partial charge < -0.3 is 14.7 Å². The molecule has 2 heterocycles. The first-order chi connectivity index (χ1) is 13.5. The largest absolute Gasteiger partial charge is 0.453 e. The minimum Gasteiger partial charge on any atom is -0.453 e. The van der Waals surface area contributed by atoms with Crippen LogP contribution in [0.3, 0.4) is 0 Å². The molecule has 2 aliphatic rings. The summed E-state index contributed by atoms with van der Waals surface area (Å²) in [6.07, 6.45) is 5.52. The molecule has 1 aliphatic carbocycles. The van der Waals surface area contributed by atoms with Gasteiger partial charge in [-0.3, -0.25) is 4.68 Å². The average molecular weight is 386 g/mol. The summed E-state index contributed by atoms with van der Waals surface area (Å²) in [6.45, 7) is 5.30. The second-order valence-electron chi connectivity index (χ2n) is 8.67. The Morgan fingerprint density at radius 3 is 2.75 bits per heavy atom. The van der Waals surface area contributed by atoms with Gasteiger partial charge in [-0.15, -0.1) is 0 Å². The summed E-state index contributed by atoms with van der Waals surface area (Å²) in [5.41, 5.74) is 3.13. The average Bonchev–Trinajstić information content (AvgIpc) is 3.44. The Bertz CT molecular complexity index is 871. The highest BCUT2D eigenvalue weighted by Gasteiger charge is 2.45. The van der Waals surface area contributed by atoms with Gasteiger partial charge in [0, 0.05) is 29.8 Å². The zero-order valence-corrected chi connectivity index (χ0v) is 17.1. The van der Waals surface area contributed by atoms with Crippen molar-refractivity contribution in [3.05, 3.63) is 29.5 Å². The van der Waals surface area contributed by atoms with Crippen molar-refractivity contribution in [3.63, 3.8) is 0 Å². The first-order valence-corrected chi connectivity index (χ1v) is 10.5. The highest BCUT2D eigenvalue weighted by molar-refractivity contribution is 5.83. The first kappa shape index (κ1) is 19.2. The van der Waals surface area contributed by atoms with Gasteiger partial charge in [-0.25, -0.2) is 4.79 Å². The van der Waals surface area contributed by atoms with Crippen molar-refractivity contribution in [3.8, 4) is 0 Å². The number of amides is 1. The van der Waals surface area contributed by atoms with Gasteiger partial charge in [0.25, 0.3) is 0 Å². The lowest BCUT2D eigenvalue weighted by atomic mass is 9.76. The number of carbonyl (C=O) groups is 1. The molecule has 0 radical (unpaired) electrons. The Morgan fingerprint density at radius 2 is 2.11 bits per heavy atom. The fourth-order valence-electron chi connectivity index (χ4n) is 5.11. The van der Waals surface area contributed by atoms with Crippen LogP contribution in [0.5, 0.6) is 0 Å². The third-order valence-electron chi connectivity index (χ3n) is 6.81. The zero-order valence-electron chi connectivity index (χ0n) is 17.1. The molecule has 6 heteroatoms. The fourth-order valence-corrected chi connectivity index (χ4v) is 5.11. The number of rotatable bonds is 4. The molecule has 1 amide bonds. The van der Waals surface area contributed by atoms with Crippen molar-refractivity contribution in [1.29, 1.82) is 0 Å². The van der Waals surface area contributed by atoms with Crippen molar-refractivity contribution >= 4 is 17.0 Å². The maximum Gasteiger partial charge on any atom is 0.409 e. The third-order valence-corrected chi connectivity index (χ3v) is 6.81. The van der Waals surface area contributed by atoms with Crippen molar-refractivity contribution in [2.75, 3.05) is 26.8 Å². The number of fused-ring (bicyclic) bond motifs is 1. The molecule has 0 spiro atoms. The molecule has 6 nitrogen and oxygen atoms in total. The van der Waals surface area contributed by atoms with Crippen molar-refractivity contribution < 1.29 is 14.6 Å². The topological polar surface area (TPSA) is 67.6 Å². The molecule has 1 aromatic carbocycles. The van der Waals surface area contributed by atoms with Crippen LogP contribution < -0.4 is 0 Å². The smallest absolute Gasteiger partial charge is 0.409 e. The molecule has 152 valence electrons. The van der Waals surface area contributed by atoms with Gasteiger partial charge in [0.2, 0.25) is 0 Å². The number of aryl methyl sites for hydroxylation is 1. The first-order valence-electron chi connectivity index (χ1n) is 10.5. The summed E-state index contributed by atoms with van der Waals surface area (Å²) in [5.74, 6) is 0.0676. The number of aliphatic hydroxyl groups is 1. The van der Waals surface area contributed by atoms with E-state index in [1.165, 1.54) is 43.7 Å². The number of aromatic nitrogens is 2. The number of carbonyl (C=O) groups excluding carboxylic acids is 1. The van der Waals surface area contributed by atoms with Crippen molar-refractivity contribution in [2.45, 2.75) is 57.9 Å². The molecule has 1 N–H and O–H groups in total. The summed E-state index contributed by atoms with van der Waals surface area (Å²) in [5, 5.41) is 16.3. The second-order valence-corrected chi connectivity index (χ2v) is 8.67. The molecule has 2 aromatic rings. The minimum atomic E-state index is -0.381. The Labute approximate surface area is 166 Å². The van der Waals surface area contributed by atoms with Gasteiger partial charge in [0.1, 0.15) is 0 Å². The molecule has 1 aromatic heterocycles. The van der Waals surface area contributed by atoms with Crippen LogP contribution in [0.2, 0.25) is 0 Å². The number of likely N-dealkylation sites (tertiary alicyclic amines) is 1. The minimum absolute atomic E-state index is 0.0330. The van der Waals surface area contributed by atoms with E-state index >= 15 is 0 Å². The molecular formula is C22H31N3O3. The Balaban J connectivity index is 1.76. The summed E-state index contributed by atoms with van der Waals surface area (Å²) in [4.78, 5) is 13.8. The van der Waals surface area contributed by atoms with Crippen LogP contribution in [0, 0.1) is 5.41 Å². The van der Waals surface area contributed by atoms with Gasteiger partial charge in [-0.1, -0.05) is 38.8 Å². The van der Waals surface area contributed by atoms with Gasteiger partial charge >= 0.3 is 6.09 Å². The van der Waals surface area contributed by atoms with Crippen LogP contribution in [-0.4, -0.2) is 52.7 Å².